The third-order valence-corrected chi connectivity index (χ3v) is 6.58. The summed E-state index contributed by atoms with van der Waals surface area (Å²) in [5, 5.41) is 4.99. The monoisotopic (exact) mass is 470 g/mol. The van der Waals surface area contributed by atoms with Crippen LogP contribution in [0.25, 0.3) is 33.1 Å². The highest BCUT2D eigenvalue weighted by Crippen LogP contribution is 2.38. The molecule has 7 heteroatoms. The number of methoxy groups -OCH3 is 1. The van der Waals surface area contributed by atoms with Gasteiger partial charge in [0.1, 0.15) is 11.5 Å². The van der Waals surface area contributed by atoms with E-state index in [0.717, 1.165) is 56.5 Å². The average molecular weight is 471 g/mol. The molecule has 0 aliphatic heterocycles. The van der Waals surface area contributed by atoms with Crippen molar-refractivity contribution in [2.24, 2.45) is 5.92 Å². The summed E-state index contributed by atoms with van der Waals surface area (Å²) in [6.45, 7) is 9.28. The SMILES string of the molecule is COc1cc2c(cc1-c1c(C)noc1C)ncc1c2n(Cc2ccccc2)c(=O)n1CCC(C)C. The highest BCUT2D eigenvalue weighted by Gasteiger charge is 2.21. The molecule has 0 N–H and O–H groups in total. The Hall–Kier alpha value is -3.87. The minimum atomic E-state index is -0.0208. The van der Waals surface area contributed by atoms with Crippen molar-refractivity contribution < 1.29 is 9.26 Å². The number of nitrogens with zero attached hydrogens (tertiary/aromatic N) is 4. The number of imidazole rings is 1. The van der Waals surface area contributed by atoms with Gasteiger partial charge in [0.15, 0.2) is 0 Å². The quantitative estimate of drug-likeness (QED) is 0.304. The molecule has 3 heterocycles. The van der Waals surface area contributed by atoms with E-state index in [4.69, 9.17) is 14.2 Å². The van der Waals surface area contributed by atoms with Crippen LogP contribution in [0.3, 0.4) is 0 Å². The smallest absolute Gasteiger partial charge is 0.329 e. The summed E-state index contributed by atoms with van der Waals surface area (Å²) in [5.74, 6) is 1.90. The van der Waals surface area contributed by atoms with Crippen molar-refractivity contribution in [1.29, 1.82) is 0 Å². The van der Waals surface area contributed by atoms with Crippen LogP contribution in [0.2, 0.25) is 0 Å². The van der Waals surface area contributed by atoms with Crippen LogP contribution in [0.5, 0.6) is 5.75 Å². The van der Waals surface area contributed by atoms with Gasteiger partial charge in [-0.3, -0.25) is 14.1 Å². The number of ether oxygens (including phenoxy) is 1. The summed E-state index contributed by atoms with van der Waals surface area (Å²) < 4.78 is 15.0. The summed E-state index contributed by atoms with van der Waals surface area (Å²) in [4.78, 5) is 18.5. The van der Waals surface area contributed by atoms with Gasteiger partial charge in [-0.25, -0.2) is 4.79 Å². The molecule has 0 aliphatic carbocycles. The molecular weight excluding hydrogens is 440 g/mol. The first-order valence-electron chi connectivity index (χ1n) is 12.0. The van der Waals surface area contributed by atoms with E-state index in [9.17, 15) is 4.79 Å². The Morgan fingerprint density at radius 3 is 2.51 bits per heavy atom. The molecule has 2 aromatic carbocycles. The molecular formula is C28H30N4O3. The van der Waals surface area contributed by atoms with Gasteiger partial charge < -0.3 is 9.26 Å². The van der Waals surface area contributed by atoms with Crippen molar-refractivity contribution in [3.05, 3.63) is 76.2 Å². The molecule has 0 amide bonds. The van der Waals surface area contributed by atoms with Crippen LogP contribution in [-0.2, 0) is 13.1 Å². The van der Waals surface area contributed by atoms with Gasteiger partial charge in [0, 0.05) is 17.5 Å². The standard InChI is InChI=1S/C28H30N4O3/c1-17(2)11-12-31-24-15-29-23-13-22(26-18(3)30-35-19(26)4)25(34-5)14-21(23)27(24)32(28(31)33)16-20-9-7-6-8-10-20/h6-10,13-15,17H,11-12,16H2,1-5H3. The first kappa shape index (κ1) is 22.9. The Morgan fingerprint density at radius 1 is 1.09 bits per heavy atom. The third-order valence-electron chi connectivity index (χ3n) is 6.58. The van der Waals surface area contributed by atoms with Gasteiger partial charge in [0.2, 0.25) is 0 Å². The fraction of sp³-hybridized carbons (Fsp3) is 0.321. The highest BCUT2D eigenvalue weighted by atomic mass is 16.5. The molecule has 0 saturated carbocycles. The van der Waals surface area contributed by atoms with Crippen LogP contribution in [-0.4, -0.2) is 26.4 Å². The Morgan fingerprint density at radius 2 is 1.86 bits per heavy atom. The number of benzene rings is 2. The van der Waals surface area contributed by atoms with Crippen molar-refractivity contribution in [2.75, 3.05) is 7.11 Å². The lowest BCUT2D eigenvalue weighted by atomic mass is 10.0. The van der Waals surface area contributed by atoms with E-state index in [1.165, 1.54) is 0 Å². The van der Waals surface area contributed by atoms with E-state index < -0.39 is 0 Å². The lowest BCUT2D eigenvalue weighted by Crippen LogP contribution is -2.25. The summed E-state index contributed by atoms with van der Waals surface area (Å²) in [5.41, 5.74) is 6.12. The third kappa shape index (κ3) is 4.01. The van der Waals surface area contributed by atoms with Crippen molar-refractivity contribution in [1.82, 2.24) is 19.3 Å². The van der Waals surface area contributed by atoms with Crippen LogP contribution in [0.1, 0.15) is 37.3 Å². The van der Waals surface area contributed by atoms with Gasteiger partial charge in [0.25, 0.3) is 0 Å². The summed E-state index contributed by atoms with van der Waals surface area (Å²) >= 11 is 0. The molecule has 0 spiro atoms. The maximum Gasteiger partial charge on any atom is 0.329 e. The molecule has 0 bridgehead atoms. The van der Waals surface area contributed by atoms with Crippen LogP contribution in [0, 0.1) is 19.8 Å². The number of fused-ring (bicyclic) bond motifs is 3. The molecule has 0 aliphatic rings. The lowest BCUT2D eigenvalue weighted by Gasteiger charge is -2.12. The zero-order chi connectivity index (χ0) is 24.7. The number of aryl methyl sites for hydroxylation is 3. The molecule has 7 nitrogen and oxygen atoms in total. The van der Waals surface area contributed by atoms with Crippen molar-refractivity contribution in [3.63, 3.8) is 0 Å². The van der Waals surface area contributed by atoms with Crippen molar-refractivity contribution in [3.8, 4) is 16.9 Å². The average Bonchev–Trinajstić information content (AvgIpc) is 3.32. The summed E-state index contributed by atoms with van der Waals surface area (Å²) in [6.07, 6.45) is 2.74. The first-order chi connectivity index (χ1) is 16.9. The Labute approximate surface area is 204 Å². The summed E-state index contributed by atoms with van der Waals surface area (Å²) in [6, 6.07) is 14.1. The predicted molar refractivity (Wildman–Crippen MR) is 138 cm³/mol. The molecule has 0 unspecified atom stereocenters. The minimum Gasteiger partial charge on any atom is -0.496 e. The number of aromatic nitrogens is 4. The second-order valence-corrected chi connectivity index (χ2v) is 9.45. The fourth-order valence-corrected chi connectivity index (χ4v) is 4.77. The molecule has 0 radical (unpaired) electrons. The molecule has 180 valence electrons. The molecule has 0 fully saturated rings. The largest absolute Gasteiger partial charge is 0.496 e. The maximum atomic E-state index is 13.7. The van der Waals surface area contributed by atoms with Gasteiger partial charge in [0.05, 0.1) is 47.7 Å². The van der Waals surface area contributed by atoms with Crippen molar-refractivity contribution >= 4 is 21.9 Å². The van der Waals surface area contributed by atoms with E-state index in [0.29, 0.717) is 24.8 Å². The maximum absolute atomic E-state index is 13.7. The predicted octanol–water partition coefficient (Wildman–Crippen LogP) is 5.73. The summed E-state index contributed by atoms with van der Waals surface area (Å²) in [7, 11) is 1.65. The number of pyridine rings is 1. The number of rotatable bonds is 7. The Bertz CT molecular complexity index is 1560. The van der Waals surface area contributed by atoms with Gasteiger partial charge in [-0.2, -0.15) is 0 Å². The van der Waals surface area contributed by atoms with Crippen molar-refractivity contribution in [2.45, 2.75) is 47.2 Å². The van der Waals surface area contributed by atoms with Gasteiger partial charge in [-0.15, -0.1) is 0 Å². The zero-order valence-corrected chi connectivity index (χ0v) is 20.8. The second kappa shape index (κ2) is 9.06. The number of hydrogen-bond donors (Lipinski definition) is 0. The Balaban J connectivity index is 1.80. The van der Waals surface area contributed by atoms with Crippen LogP contribution in [0.15, 0.2) is 58.0 Å². The molecule has 0 atom stereocenters. The van der Waals surface area contributed by atoms with Gasteiger partial charge in [-0.1, -0.05) is 49.3 Å². The van der Waals surface area contributed by atoms with E-state index >= 15 is 0 Å². The Kier molecular flexibility index (Phi) is 5.93. The number of hydrogen-bond acceptors (Lipinski definition) is 5. The minimum absolute atomic E-state index is 0.0208. The topological polar surface area (TPSA) is 75.1 Å². The molecule has 3 aromatic heterocycles. The van der Waals surface area contributed by atoms with Crippen LogP contribution in [0.4, 0.5) is 0 Å². The van der Waals surface area contributed by atoms with E-state index in [1.54, 1.807) is 7.11 Å². The molecule has 35 heavy (non-hydrogen) atoms. The van der Waals surface area contributed by atoms with E-state index in [2.05, 4.69) is 19.0 Å². The molecule has 5 aromatic rings. The second-order valence-electron chi connectivity index (χ2n) is 9.45. The lowest BCUT2D eigenvalue weighted by molar-refractivity contribution is 0.393. The van der Waals surface area contributed by atoms with E-state index in [-0.39, 0.29) is 5.69 Å². The highest BCUT2D eigenvalue weighted by molar-refractivity contribution is 6.05. The normalized spacial score (nSPS) is 11.7. The van der Waals surface area contributed by atoms with E-state index in [1.807, 2.05) is 71.6 Å². The molecule has 5 rings (SSSR count). The van der Waals surface area contributed by atoms with Gasteiger partial charge in [-0.05, 0) is 43.9 Å². The first-order valence-corrected chi connectivity index (χ1v) is 12.0. The van der Waals surface area contributed by atoms with Crippen LogP contribution < -0.4 is 10.4 Å². The fourth-order valence-electron chi connectivity index (χ4n) is 4.77. The van der Waals surface area contributed by atoms with Gasteiger partial charge >= 0.3 is 5.69 Å². The van der Waals surface area contributed by atoms with Crippen LogP contribution >= 0.6 is 0 Å². The zero-order valence-electron chi connectivity index (χ0n) is 20.8. The molecule has 0 saturated heterocycles.